The van der Waals surface area contributed by atoms with Crippen molar-refractivity contribution in [3.05, 3.63) is 40.1 Å². The number of hydrogen-bond donors (Lipinski definition) is 0. The van der Waals surface area contributed by atoms with Crippen LogP contribution in [0.2, 0.25) is 0 Å². The smallest absolute Gasteiger partial charge is 0.190 e. The monoisotopic (exact) mass is 293 g/mol. The molecule has 0 saturated heterocycles. The molecule has 0 atom stereocenters. The van der Waals surface area contributed by atoms with Crippen molar-refractivity contribution in [1.82, 2.24) is 4.98 Å². The molecule has 2 rings (SSSR count). The summed E-state index contributed by atoms with van der Waals surface area (Å²) < 4.78 is 0.856. The number of rotatable bonds is 2. The van der Waals surface area contributed by atoms with Crippen LogP contribution in [0.25, 0.3) is 0 Å². The van der Waals surface area contributed by atoms with Gasteiger partial charge in [-0.15, -0.1) is 0 Å². The predicted octanol–water partition coefficient (Wildman–Crippen LogP) is 4.31. The number of carbonyl (C=O) groups excluding carboxylic acids is 1. The van der Waals surface area contributed by atoms with Crippen LogP contribution in [0.3, 0.4) is 0 Å². The molecule has 0 spiro atoms. The molecule has 0 radical (unpaired) electrons. The molecule has 1 aliphatic carbocycles. The average molecular weight is 294 g/mol. The highest BCUT2D eigenvalue weighted by atomic mass is 79.9. The summed E-state index contributed by atoms with van der Waals surface area (Å²) in [7, 11) is 0. The zero-order valence-corrected chi connectivity index (χ0v) is 11.4. The van der Waals surface area contributed by atoms with Crippen molar-refractivity contribution in [2.75, 3.05) is 0 Å². The first kappa shape index (κ1) is 12.5. The Balaban J connectivity index is 2.18. The van der Waals surface area contributed by atoms with Gasteiger partial charge >= 0.3 is 0 Å². The molecule has 0 saturated carbocycles. The lowest BCUT2D eigenvalue weighted by Gasteiger charge is -2.10. The summed E-state index contributed by atoms with van der Waals surface area (Å²) in [5.74, 6) is 0.140. The highest BCUT2D eigenvalue weighted by Crippen LogP contribution is 2.21. The minimum Gasteiger partial charge on any atom is -0.289 e. The Hall–Kier alpha value is -0.960. The molecule has 1 aromatic heterocycles. The molecule has 0 unspecified atom stereocenters. The van der Waals surface area contributed by atoms with Crippen molar-refractivity contribution in [2.24, 2.45) is 0 Å². The summed E-state index contributed by atoms with van der Waals surface area (Å²) in [6.45, 7) is 0. The van der Waals surface area contributed by atoms with Crippen molar-refractivity contribution >= 4 is 21.7 Å². The SMILES string of the molecule is O=C(/C1=C/CCCCCC1)c1cncc(Br)c1. The van der Waals surface area contributed by atoms with Gasteiger partial charge in [-0.3, -0.25) is 9.78 Å². The number of carbonyl (C=O) groups is 1. The fourth-order valence-electron chi connectivity index (χ4n) is 2.12. The largest absolute Gasteiger partial charge is 0.289 e. The maximum absolute atomic E-state index is 12.3. The van der Waals surface area contributed by atoms with E-state index >= 15 is 0 Å². The van der Waals surface area contributed by atoms with Gasteiger partial charge in [-0.25, -0.2) is 0 Å². The Morgan fingerprint density at radius 1 is 1.18 bits per heavy atom. The van der Waals surface area contributed by atoms with Gasteiger partial charge < -0.3 is 0 Å². The molecule has 0 aromatic carbocycles. The molecule has 0 amide bonds. The number of nitrogens with zero attached hydrogens (tertiary/aromatic N) is 1. The highest BCUT2D eigenvalue weighted by molar-refractivity contribution is 9.10. The fraction of sp³-hybridized carbons (Fsp3) is 0.429. The van der Waals surface area contributed by atoms with Crippen LogP contribution in [0.5, 0.6) is 0 Å². The first-order valence-corrected chi connectivity index (χ1v) is 6.91. The van der Waals surface area contributed by atoms with Crippen molar-refractivity contribution in [3.63, 3.8) is 0 Å². The number of Topliss-reactive ketones (excluding diaryl/α,β-unsaturated/α-hetero) is 1. The van der Waals surface area contributed by atoms with Crippen LogP contribution in [-0.4, -0.2) is 10.8 Å². The van der Waals surface area contributed by atoms with E-state index < -0.39 is 0 Å². The van der Waals surface area contributed by atoms with Gasteiger partial charge in [0.15, 0.2) is 5.78 Å². The summed E-state index contributed by atoms with van der Waals surface area (Å²) in [6, 6.07) is 1.84. The standard InChI is InChI=1S/C14H16BrNO/c15-13-8-12(9-16-10-13)14(17)11-6-4-2-1-3-5-7-11/h6,8-10H,1-5,7H2/b11-6+. The molecule has 1 heterocycles. The van der Waals surface area contributed by atoms with Gasteiger partial charge in [-0.1, -0.05) is 18.9 Å². The number of ketones is 1. The summed E-state index contributed by atoms with van der Waals surface area (Å²) in [5.41, 5.74) is 1.65. The maximum atomic E-state index is 12.3. The summed E-state index contributed by atoms with van der Waals surface area (Å²) >= 11 is 3.35. The lowest BCUT2D eigenvalue weighted by atomic mass is 9.95. The Morgan fingerprint density at radius 2 is 2.00 bits per heavy atom. The minimum absolute atomic E-state index is 0.140. The van der Waals surface area contributed by atoms with Gasteiger partial charge in [0.1, 0.15) is 0 Å². The van der Waals surface area contributed by atoms with Crippen LogP contribution >= 0.6 is 15.9 Å². The molecular formula is C14H16BrNO. The molecule has 2 nitrogen and oxygen atoms in total. The van der Waals surface area contributed by atoms with E-state index in [9.17, 15) is 4.79 Å². The van der Waals surface area contributed by atoms with E-state index in [1.165, 1.54) is 19.3 Å². The molecule has 0 N–H and O–H groups in total. The molecule has 1 aromatic rings. The molecular weight excluding hydrogens is 278 g/mol. The van der Waals surface area contributed by atoms with Gasteiger partial charge in [0.2, 0.25) is 0 Å². The van der Waals surface area contributed by atoms with E-state index in [1.807, 2.05) is 6.07 Å². The van der Waals surface area contributed by atoms with Crippen molar-refractivity contribution in [1.29, 1.82) is 0 Å². The predicted molar refractivity (Wildman–Crippen MR) is 72.1 cm³/mol. The first-order valence-electron chi connectivity index (χ1n) is 6.11. The molecule has 90 valence electrons. The van der Waals surface area contributed by atoms with Gasteiger partial charge in [-0.2, -0.15) is 0 Å². The summed E-state index contributed by atoms with van der Waals surface area (Å²) in [6.07, 6.45) is 12.2. The summed E-state index contributed by atoms with van der Waals surface area (Å²) in [5, 5.41) is 0. The van der Waals surface area contributed by atoms with Crippen LogP contribution in [0.15, 0.2) is 34.6 Å². The van der Waals surface area contributed by atoms with E-state index in [4.69, 9.17) is 0 Å². The number of hydrogen-bond acceptors (Lipinski definition) is 2. The fourth-order valence-corrected chi connectivity index (χ4v) is 2.48. The Labute approximate surface area is 110 Å². The number of aromatic nitrogens is 1. The highest BCUT2D eigenvalue weighted by Gasteiger charge is 2.13. The molecule has 3 heteroatoms. The number of allylic oxidation sites excluding steroid dienone is 2. The van der Waals surface area contributed by atoms with Crippen molar-refractivity contribution in [3.8, 4) is 0 Å². The molecule has 0 bridgehead atoms. The zero-order chi connectivity index (χ0) is 12.1. The second-order valence-electron chi connectivity index (χ2n) is 4.40. The van der Waals surface area contributed by atoms with Crippen molar-refractivity contribution < 1.29 is 4.79 Å². The van der Waals surface area contributed by atoms with E-state index in [-0.39, 0.29) is 5.78 Å². The van der Waals surface area contributed by atoms with Crippen LogP contribution in [0.1, 0.15) is 48.9 Å². The summed E-state index contributed by atoms with van der Waals surface area (Å²) in [4.78, 5) is 16.3. The lowest BCUT2D eigenvalue weighted by molar-refractivity contribution is 0.102. The lowest BCUT2D eigenvalue weighted by Crippen LogP contribution is -2.05. The normalized spacial score (nSPS) is 19.9. The number of halogens is 1. The first-order chi connectivity index (χ1) is 8.27. The van der Waals surface area contributed by atoms with Crippen LogP contribution in [-0.2, 0) is 0 Å². The third-order valence-electron chi connectivity index (χ3n) is 3.05. The average Bonchev–Trinajstić information content (AvgIpc) is 2.28. The van der Waals surface area contributed by atoms with Gasteiger partial charge in [0.05, 0.1) is 0 Å². The number of pyridine rings is 1. The van der Waals surface area contributed by atoms with Crippen LogP contribution in [0.4, 0.5) is 0 Å². The topological polar surface area (TPSA) is 30.0 Å². The molecule has 1 aliphatic rings. The van der Waals surface area contributed by atoms with Gasteiger partial charge in [-0.05, 0) is 53.3 Å². The second kappa shape index (κ2) is 6.10. The molecule has 0 fully saturated rings. The second-order valence-corrected chi connectivity index (χ2v) is 5.32. The van der Waals surface area contributed by atoms with Crippen molar-refractivity contribution in [2.45, 2.75) is 38.5 Å². The van der Waals surface area contributed by atoms with Gasteiger partial charge in [0.25, 0.3) is 0 Å². The molecule has 17 heavy (non-hydrogen) atoms. The van der Waals surface area contributed by atoms with E-state index in [2.05, 4.69) is 27.0 Å². The third-order valence-corrected chi connectivity index (χ3v) is 3.48. The quantitative estimate of drug-likeness (QED) is 0.761. The van der Waals surface area contributed by atoms with E-state index in [1.54, 1.807) is 12.4 Å². The van der Waals surface area contributed by atoms with Crippen LogP contribution < -0.4 is 0 Å². The van der Waals surface area contributed by atoms with Crippen LogP contribution in [0, 0.1) is 0 Å². The van der Waals surface area contributed by atoms with E-state index in [0.29, 0.717) is 5.56 Å². The maximum Gasteiger partial charge on any atom is 0.190 e. The Morgan fingerprint density at radius 3 is 2.82 bits per heavy atom. The Bertz CT molecular complexity index is 440. The van der Waals surface area contributed by atoms with E-state index in [0.717, 1.165) is 29.3 Å². The molecule has 0 aliphatic heterocycles. The Kier molecular flexibility index (Phi) is 4.49. The van der Waals surface area contributed by atoms with Gasteiger partial charge in [0, 0.05) is 22.4 Å². The minimum atomic E-state index is 0.140. The third kappa shape index (κ3) is 3.50. The zero-order valence-electron chi connectivity index (χ0n) is 9.79.